The number of hydrogen-bond donors (Lipinski definition) is 2. The van der Waals surface area contributed by atoms with Crippen LogP contribution in [0.25, 0.3) is 6.08 Å². The molecule has 4 amide bonds. The van der Waals surface area contributed by atoms with Gasteiger partial charge in [-0.2, -0.15) is 8.42 Å². The lowest BCUT2D eigenvalue weighted by Crippen LogP contribution is -2.51. The molecular weight excluding hydrogens is 539 g/mol. The number of benzene rings is 2. The average molecular weight is 556 g/mol. The van der Waals surface area contributed by atoms with E-state index in [4.69, 9.17) is 8.92 Å². The Kier molecular flexibility index (Phi) is 6.65. The number of ether oxygens (including phenoxy) is 1. The first-order valence-electron chi connectivity index (χ1n) is 8.96. The molecule has 1 saturated heterocycles. The lowest BCUT2D eigenvalue weighted by Gasteiger charge is -2.16. The summed E-state index contributed by atoms with van der Waals surface area (Å²) in [5.41, 5.74) is 1.000. The number of carbonyl (C=O) groups is 3. The molecule has 0 aliphatic carbocycles. The summed E-state index contributed by atoms with van der Waals surface area (Å²) < 4.78 is 36.7. The van der Waals surface area contributed by atoms with Crippen LogP contribution in [0.4, 0.5) is 4.79 Å². The van der Waals surface area contributed by atoms with E-state index in [0.717, 1.165) is 5.56 Å². The van der Waals surface area contributed by atoms with Crippen LogP contribution in [-0.4, -0.2) is 32.9 Å². The van der Waals surface area contributed by atoms with Gasteiger partial charge in [-0.25, -0.2) is 4.79 Å². The number of aryl methyl sites for hydroxylation is 1. The SMILES string of the molecule is CCOc1cc(C=C2C(=O)NC(=O)NC2=O)cc(I)c1OS(=O)(=O)c1ccc(C)cc1. The van der Waals surface area contributed by atoms with Crippen LogP contribution in [0.2, 0.25) is 0 Å². The molecule has 1 aliphatic rings. The predicted octanol–water partition coefficient (Wildman–Crippen LogP) is 2.52. The summed E-state index contributed by atoms with van der Waals surface area (Å²) in [7, 11) is -4.12. The van der Waals surface area contributed by atoms with Gasteiger partial charge in [-0.15, -0.1) is 0 Å². The maximum atomic E-state index is 12.7. The minimum absolute atomic E-state index is 0.0113. The number of urea groups is 1. The third kappa shape index (κ3) is 5.22. The van der Waals surface area contributed by atoms with Crippen molar-refractivity contribution in [3.05, 3.63) is 56.7 Å². The third-order valence-electron chi connectivity index (χ3n) is 4.09. The van der Waals surface area contributed by atoms with Gasteiger partial charge < -0.3 is 8.92 Å². The van der Waals surface area contributed by atoms with Crippen LogP contribution in [0.3, 0.4) is 0 Å². The van der Waals surface area contributed by atoms with Gasteiger partial charge in [0, 0.05) is 0 Å². The van der Waals surface area contributed by atoms with Crippen molar-refractivity contribution in [2.45, 2.75) is 18.7 Å². The van der Waals surface area contributed by atoms with E-state index in [1.165, 1.54) is 30.3 Å². The quantitative estimate of drug-likeness (QED) is 0.242. The second kappa shape index (κ2) is 9.06. The molecule has 1 heterocycles. The normalized spacial score (nSPS) is 14.0. The first kappa shape index (κ1) is 22.7. The number of carbonyl (C=O) groups excluding carboxylic acids is 3. The molecule has 31 heavy (non-hydrogen) atoms. The van der Waals surface area contributed by atoms with Crippen LogP contribution in [0.15, 0.2) is 46.9 Å². The summed E-state index contributed by atoms with van der Waals surface area (Å²) in [6, 6.07) is 8.26. The van der Waals surface area contributed by atoms with Crippen molar-refractivity contribution in [3.8, 4) is 11.5 Å². The molecule has 9 nitrogen and oxygen atoms in total. The molecule has 2 aromatic carbocycles. The summed E-state index contributed by atoms with van der Waals surface area (Å²) in [5, 5.41) is 3.97. The zero-order chi connectivity index (χ0) is 22.8. The average Bonchev–Trinajstić information content (AvgIpc) is 2.68. The molecule has 0 bridgehead atoms. The van der Waals surface area contributed by atoms with E-state index in [-0.39, 0.29) is 28.6 Å². The van der Waals surface area contributed by atoms with Crippen LogP contribution in [0, 0.1) is 10.5 Å². The first-order valence-corrected chi connectivity index (χ1v) is 11.4. The van der Waals surface area contributed by atoms with Gasteiger partial charge in [0.25, 0.3) is 11.8 Å². The second-order valence-corrected chi connectivity index (χ2v) is 9.12. The molecule has 0 saturated carbocycles. The highest BCUT2D eigenvalue weighted by Gasteiger charge is 2.28. The summed E-state index contributed by atoms with van der Waals surface area (Å²) in [6.07, 6.45) is 1.26. The van der Waals surface area contributed by atoms with Crippen molar-refractivity contribution >= 4 is 56.6 Å². The smallest absolute Gasteiger partial charge is 0.339 e. The summed E-state index contributed by atoms with van der Waals surface area (Å²) >= 11 is 1.87. The molecule has 2 aromatic rings. The molecule has 0 unspecified atom stereocenters. The van der Waals surface area contributed by atoms with Crippen LogP contribution >= 0.6 is 22.6 Å². The lowest BCUT2D eigenvalue weighted by atomic mass is 10.1. The Morgan fingerprint density at radius 1 is 1.03 bits per heavy atom. The van der Waals surface area contributed by atoms with Crippen molar-refractivity contribution in [1.82, 2.24) is 10.6 Å². The van der Waals surface area contributed by atoms with E-state index in [2.05, 4.69) is 0 Å². The van der Waals surface area contributed by atoms with Gasteiger partial charge in [-0.3, -0.25) is 20.2 Å². The topological polar surface area (TPSA) is 128 Å². The van der Waals surface area contributed by atoms with Gasteiger partial charge in [-0.05, 0) is 72.3 Å². The highest BCUT2D eigenvalue weighted by atomic mass is 127. The molecule has 1 aliphatic heterocycles. The number of rotatable bonds is 6. The minimum atomic E-state index is -4.12. The number of imide groups is 2. The van der Waals surface area contributed by atoms with Gasteiger partial charge in [0.15, 0.2) is 11.5 Å². The second-order valence-electron chi connectivity index (χ2n) is 6.41. The van der Waals surface area contributed by atoms with Crippen LogP contribution in [-0.2, 0) is 19.7 Å². The predicted molar refractivity (Wildman–Crippen MR) is 119 cm³/mol. The number of amides is 4. The Balaban J connectivity index is 2.00. The Bertz CT molecular complexity index is 1180. The number of barbiturate groups is 1. The standard InChI is InChI=1S/C20H17IN2O7S/c1-3-29-16-10-12(8-14-18(24)22-20(26)23-19(14)25)9-15(21)17(16)30-31(27,28)13-6-4-11(2)5-7-13/h4-10H,3H2,1-2H3,(H2,22,23,24,25,26). The number of hydrogen-bond acceptors (Lipinski definition) is 7. The molecule has 0 atom stereocenters. The molecule has 0 aromatic heterocycles. The molecule has 0 spiro atoms. The van der Waals surface area contributed by atoms with Crippen molar-refractivity contribution < 1.29 is 31.7 Å². The van der Waals surface area contributed by atoms with Crippen molar-refractivity contribution in [1.29, 1.82) is 0 Å². The Hall–Kier alpha value is -2.93. The number of nitrogens with one attached hydrogen (secondary N) is 2. The maximum absolute atomic E-state index is 12.7. The molecule has 1 fully saturated rings. The van der Waals surface area contributed by atoms with Crippen LogP contribution in [0.1, 0.15) is 18.1 Å². The van der Waals surface area contributed by atoms with E-state index in [0.29, 0.717) is 9.13 Å². The fourth-order valence-corrected chi connectivity index (χ4v) is 4.49. The fraction of sp³-hybridized carbons (Fsp3) is 0.150. The highest BCUT2D eigenvalue weighted by Crippen LogP contribution is 2.37. The van der Waals surface area contributed by atoms with E-state index < -0.39 is 28.0 Å². The number of halogens is 1. The van der Waals surface area contributed by atoms with E-state index in [1.807, 2.05) is 40.1 Å². The Labute approximate surface area is 192 Å². The van der Waals surface area contributed by atoms with Crippen molar-refractivity contribution in [2.75, 3.05) is 6.61 Å². The largest absolute Gasteiger partial charge is 0.490 e. The molecule has 0 radical (unpaired) electrons. The molecule has 2 N–H and O–H groups in total. The van der Waals surface area contributed by atoms with E-state index >= 15 is 0 Å². The van der Waals surface area contributed by atoms with Crippen molar-refractivity contribution in [3.63, 3.8) is 0 Å². The van der Waals surface area contributed by atoms with Crippen LogP contribution < -0.4 is 19.6 Å². The maximum Gasteiger partial charge on any atom is 0.339 e. The van der Waals surface area contributed by atoms with E-state index in [1.54, 1.807) is 19.1 Å². The van der Waals surface area contributed by atoms with Gasteiger partial charge in [0.1, 0.15) is 10.5 Å². The minimum Gasteiger partial charge on any atom is -0.490 e. The van der Waals surface area contributed by atoms with Crippen molar-refractivity contribution in [2.24, 2.45) is 0 Å². The Morgan fingerprint density at radius 2 is 1.65 bits per heavy atom. The molecule has 11 heteroatoms. The summed E-state index contributed by atoms with van der Waals surface area (Å²) in [5.74, 6) is -1.59. The van der Waals surface area contributed by atoms with Gasteiger partial charge in [0.05, 0.1) is 10.2 Å². The monoisotopic (exact) mass is 556 g/mol. The van der Waals surface area contributed by atoms with E-state index in [9.17, 15) is 22.8 Å². The zero-order valence-corrected chi connectivity index (χ0v) is 19.4. The Morgan fingerprint density at radius 3 is 2.23 bits per heavy atom. The lowest BCUT2D eigenvalue weighted by molar-refractivity contribution is -0.123. The third-order valence-corrected chi connectivity index (χ3v) is 6.13. The summed E-state index contributed by atoms with van der Waals surface area (Å²) in [6.45, 7) is 3.76. The molecule has 3 rings (SSSR count). The van der Waals surface area contributed by atoms with Gasteiger partial charge in [-0.1, -0.05) is 17.7 Å². The van der Waals surface area contributed by atoms with Gasteiger partial charge >= 0.3 is 16.1 Å². The first-order chi connectivity index (χ1) is 14.6. The summed E-state index contributed by atoms with van der Waals surface area (Å²) in [4.78, 5) is 35.1. The zero-order valence-electron chi connectivity index (χ0n) is 16.4. The molecule has 162 valence electrons. The molecular formula is C20H17IN2O7S. The van der Waals surface area contributed by atoms with Gasteiger partial charge in [0.2, 0.25) is 0 Å². The highest BCUT2D eigenvalue weighted by molar-refractivity contribution is 14.1. The van der Waals surface area contributed by atoms with Crippen LogP contribution in [0.5, 0.6) is 11.5 Å². The fourth-order valence-electron chi connectivity index (χ4n) is 2.65.